The van der Waals surface area contributed by atoms with Gasteiger partial charge in [0.1, 0.15) is 5.82 Å². The summed E-state index contributed by atoms with van der Waals surface area (Å²) in [6, 6.07) is 22.8. The van der Waals surface area contributed by atoms with Gasteiger partial charge >= 0.3 is 0 Å². The molecule has 0 bridgehead atoms. The number of carbonyl (C=O) groups excluding carboxylic acids is 2. The number of aromatic nitrogens is 3. The highest BCUT2D eigenvalue weighted by Crippen LogP contribution is 2.29. The lowest BCUT2D eigenvalue weighted by molar-refractivity contribution is -0.113. The molecule has 3 aromatic carbocycles. The molecule has 1 aromatic heterocycles. The fraction of sp³-hybridized carbons (Fsp3) is 0.154. The summed E-state index contributed by atoms with van der Waals surface area (Å²) in [6.45, 7) is 0. The minimum Gasteiger partial charge on any atom is -0.349 e. The van der Waals surface area contributed by atoms with Crippen LogP contribution in [0.5, 0.6) is 0 Å². The van der Waals surface area contributed by atoms with E-state index in [0.29, 0.717) is 27.8 Å². The maximum absolute atomic E-state index is 14.5. The Hall–Kier alpha value is -3.98. The second-order valence-corrected chi connectivity index (χ2v) is 9.06. The maximum Gasteiger partial charge on any atom is 0.251 e. The van der Waals surface area contributed by atoms with E-state index in [2.05, 4.69) is 20.8 Å². The number of carbonyl (C=O) groups is 2. The van der Waals surface area contributed by atoms with Crippen LogP contribution in [-0.2, 0) is 4.79 Å². The Kier molecular flexibility index (Phi) is 6.58. The average Bonchev–Trinajstić information content (AvgIpc) is 3.59. The van der Waals surface area contributed by atoms with Crippen molar-refractivity contribution in [3.05, 3.63) is 90.2 Å². The Bertz CT molecular complexity index is 1350. The molecule has 9 heteroatoms. The first kappa shape index (κ1) is 22.8. The summed E-state index contributed by atoms with van der Waals surface area (Å²) < 4.78 is 16.2. The fourth-order valence-corrected chi connectivity index (χ4v) is 4.27. The number of hydrogen-bond acceptors (Lipinski definition) is 5. The molecular formula is C26H22FN5O2S. The van der Waals surface area contributed by atoms with Crippen molar-refractivity contribution in [2.75, 3.05) is 11.1 Å². The summed E-state index contributed by atoms with van der Waals surface area (Å²) in [5.74, 6) is -0.309. The third-order valence-electron chi connectivity index (χ3n) is 5.44. The van der Waals surface area contributed by atoms with E-state index < -0.39 is 5.82 Å². The van der Waals surface area contributed by atoms with Crippen LogP contribution >= 0.6 is 11.8 Å². The first-order valence-corrected chi connectivity index (χ1v) is 12.2. The predicted octanol–water partition coefficient (Wildman–Crippen LogP) is 4.70. The van der Waals surface area contributed by atoms with Crippen molar-refractivity contribution in [1.29, 1.82) is 0 Å². The lowest BCUT2D eigenvalue weighted by Gasteiger charge is -2.11. The first-order chi connectivity index (χ1) is 17.1. The number of rotatable bonds is 8. The van der Waals surface area contributed by atoms with Gasteiger partial charge in [0.25, 0.3) is 5.91 Å². The van der Waals surface area contributed by atoms with Gasteiger partial charge in [-0.25, -0.2) is 4.39 Å². The molecule has 1 saturated carbocycles. The van der Waals surface area contributed by atoms with E-state index in [1.807, 2.05) is 30.3 Å². The van der Waals surface area contributed by atoms with E-state index in [4.69, 9.17) is 0 Å². The number of benzene rings is 3. The van der Waals surface area contributed by atoms with Crippen LogP contribution < -0.4 is 10.6 Å². The number of nitrogens with one attached hydrogen (secondary N) is 2. The van der Waals surface area contributed by atoms with Gasteiger partial charge < -0.3 is 10.6 Å². The smallest absolute Gasteiger partial charge is 0.251 e. The molecule has 2 amide bonds. The monoisotopic (exact) mass is 487 g/mol. The van der Waals surface area contributed by atoms with Crippen LogP contribution in [0.2, 0.25) is 0 Å². The highest BCUT2D eigenvalue weighted by Gasteiger charge is 2.24. The summed E-state index contributed by atoms with van der Waals surface area (Å²) in [6.07, 6.45) is 2.05. The molecule has 35 heavy (non-hydrogen) atoms. The summed E-state index contributed by atoms with van der Waals surface area (Å²) in [4.78, 5) is 24.7. The van der Waals surface area contributed by atoms with Gasteiger partial charge in [0.2, 0.25) is 5.91 Å². The van der Waals surface area contributed by atoms with Crippen molar-refractivity contribution in [3.63, 3.8) is 0 Å². The number of hydrogen-bond donors (Lipinski definition) is 2. The van der Waals surface area contributed by atoms with E-state index in [-0.39, 0.29) is 23.6 Å². The molecular weight excluding hydrogens is 465 g/mol. The molecule has 1 aliphatic rings. The predicted molar refractivity (Wildman–Crippen MR) is 133 cm³/mol. The molecule has 0 unspecified atom stereocenters. The summed E-state index contributed by atoms with van der Waals surface area (Å²) in [5, 5.41) is 14.7. The van der Waals surface area contributed by atoms with Crippen LogP contribution in [0.4, 0.5) is 10.1 Å². The van der Waals surface area contributed by atoms with Crippen molar-refractivity contribution in [3.8, 4) is 17.1 Å². The number of halogens is 1. The minimum absolute atomic E-state index is 0.0756. The maximum atomic E-state index is 14.5. The molecule has 1 fully saturated rings. The van der Waals surface area contributed by atoms with E-state index >= 15 is 0 Å². The molecule has 176 valence electrons. The molecule has 1 aliphatic carbocycles. The van der Waals surface area contributed by atoms with E-state index in [1.54, 1.807) is 47.0 Å². The third-order valence-corrected chi connectivity index (χ3v) is 6.37. The molecule has 0 spiro atoms. The second-order valence-electron chi connectivity index (χ2n) is 8.12. The van der Waals surface area contributed by atoms with Gasteiger partial charge in [-0.1, -0.05) is 42.1 Å². The third kappa shape index (κ3) is 5.41. The SMILES string of the molecule is O=C(CSc1nnc(-c2ccccc2F)n1-c1ccccc1)Nc1ccc(C(=O)NC2CC2)cc1. The number of amides is 2. The Morgan fingerprint density at radius 3 is 2.37 bits per heavy atom. The largest absolute Gasteiger partial charge is 0.349 e. The van der Waals surface area contributed by atoms with Crippen molar-refractivity contribution >= 4 is 29.3 Å². The Morgan fingerprint density at radius 2 is 1.66 bits per heavy atom. The van der Waals surface area contributed by atoms with E-state index in [1.165, 1.54) is 17.8 Å². The van der Waals surface area contributed by atoms with Gasteiger partial charge in [0, 0.05) is 23.0 Å². The topological polar surface area (TPSA) is 88.9 Å². The van der Waals surface area contributed by atoms with Crippen molar-refractivity contribution in [2.45, 2.75) is 24.0 Å². The number of para-hydroxylation sites is 1. The Balaban J connectivity index is 1.29. The van der Waals surface area contributed by atoms with Gasteiger partial charge in [-0.15, -0.1) is 10.2 Å². The lowest BCUT2D eigenvalue weighted by atomic mass is 10.2. The molecule has 5 rings (SSSR count). The molecule has 4 aromatic rings. The highest BCUT2D eigenvalue weighted by atomic mass is 32.2. The van der Waals surface area contributed by atoms with Crippen molar-refractivity contribution in [1.82, 2.24) is 20.1 Å². The number of nitrogens with zero attached hydrogens (tertiary/aromatic N) is 3. The molecule has 0 aliphatic heterocycles. The standard InChI is InChI=1S/C26H22FN5O2S/c27-22-9-5-4-8-21(22)24-30-31-26(32(24)20-6-2-1-3-7-20)35-16-23(33)28-18-12-10-17(11-13-18)25(34)29-19-14-15-19/h1-13,19H,14-16H2,(H,28,33)(H,29,34). The van der Waals surface area contributed by atoms with Gasteiger partial charge in [-0.3, -0.25) is 14.2 Å². The molecule has 0 saturated heterocycles. The average molecular weight is 488 g/mol. The molecule has 7 nitrogen and oxygen atoms in total. The minimum atomic E-state index is -0.402. The van der Waals surface area contributed by atoms with Gasteiger partial charge in [0.05, 0.1) is 11.3 Å². The Morgan fingerprint density at radius 1 is 0.943 bits per heavy atom. The highest BCUT2D eigenvalue weighted by molar-refractivity contribution is 7.99. The Labute approximate surface area is 205 Å². The van der Waals surface area contributed by atoms with Gasteiger partial charge in [-0.05, 0) is 61.4 Å². The quantitative estimate of drug-likeness (QED) is 0.352. The normalized spacial score (nSPS) is 12.8. The molecule has 0 atom stereocenters. The number of anilines is 1. The summed E-state index contributed by atoms with van der Waals surface area (Å²) in [5.41, 5.74) is 2.24. The first-order valence-electron chi connectivity index (χ1n) is 11.2. The van der Waals surface area contributed by atoms with Crippen LogP contribution in [0.3, 0.4) is 0 Å². The lowest BCUT2D eigenvalue weighted by Crippen LogP contribution is -2.25. The van der Waals surface area contributed by atoms with Crippen LogP contribution in [-0.4, -0.2) is 38.4 Å². The fourth-order valence-electron chi connectivity index (χ4n) is 3.52. The van der Waals surface area contributed by atoms with Crippen LogP contribution in [0.25, 0.3) is 17.1 Å². The zero-order valence-corrected chi connectivity index (χ0v) is 19.5. The van der Waals surface area contributed by atoms with E-state index in [9.17, 15) is 14.0 Å². The molecule has 2 N–H and O–H groups in total. The molecule has 0 radical (unpaired) electrons. The van der Waals surface area contributed by atoms with Crippen LogP contribution in [0.1, 0.15) is 23.2 Å². The van der Waals surface area contributed by atoms with Gasteiger partial charge in [-0.2, -0.15) is 0 Å². The van der Waals surface area contributed by atoms with E-state index in [0.717, 1.165) is 18.5 Å². The van der Waals surface area contributed by atoms with Crippen LogP contribution in [0, 0.1) is 5.82 Å². The second kappa shape index (κ2) is 10.1. The zero-order chi connectivity index (χ0) is 24.2. The van der Waals surface area contributed by atoms with Crippen molar-refractivity contribution in [2.24, 2.45) is 0 Å². The summed E-state index contributed by atoms with van der Waals surface area (Å²) in [7, 11) is 0. The van der Waals surface area contributed by atoms with Crippen molar-refractivity contribution < 1.29 is 14.0 Å². The molecule has 1 heterocycles. The summed E-state index contributed by atoms with van der Waals surface area (Å²) >= 11 is 1.20. The van der Waals surface area contributed by atoms with Crippen LogP contribution in [0.15, 0.2) is 84.0 Å². The van der Waals surface area contributed by atoms with Gasteiger partial charge in [0.15, 0.2) is 11.0 Å². The number of thioether (sulfide) groups is 1. The zero-order valence-electron chi connectivity index (χ0n) is 18.6.